The summed E-state index contributed by atoms with van der Waals surface area (Å²) in [4.78, 5) is 9.16. The van der Waals surface area contributed by atoms with E-state index in [4.69, 9.17) is 0 Å². The van der Waals surface area contributed by atoms with Crippen molar-refractivity contribution < 1.29 is 4.39 Å². The molecule has 0 bridgehead atoms. The van der Waals surface area contributed by atoms with Gasteiger partial charge in [0.15, 0.2) is 0 Å². The van der Waals surface area contributed by atoms with E-state index >= 15 is 0 Å². The minimum absolute atomic E-state index is 0.0988. The zero-order valence-corrected chi connectivity index (χ0v) is 14.9. The maximum absolute atomic E-state index is 13.9. The molecule has 24 heavy (non-hydrogen) atoms. The average molecular weight is 330 g/mol. The second kappa shape index (κ2) is 7.45. The topological polar surface area (TPSA) is 24.3 Å². The van der Waals surface area contributed by atoms with Gasteiger partial charge in [-0.05, 0) is 39.4 Å². The summed E-state index contributed by atoms with van der Waals surface area (Å²) in [5, 5.41) is 0. The van der Waals surface area contributed by atoms with E-state index in [2.05, 4.69) is 33.4 Å². The van der Waals surface area contributed by atoms with Crippen molar-refractivity contribution in [1.29, 1.82) is 0 Å². The van der Waals surface area contributed by atoms with Crippen molar-refractivity contribution in [3.05, 3.63) is 53.4 Å². The van der Waals surface area contributed by atoms with E-state index in [1.165, 1.54) is 12.1 Å². The average Bonchev–Trinajstić information content (AvgIpc) is 2.89. The van der Waals surface area contributed by atoms with Crippen molar-refractivity contribution in [2.45, 2.75) is 38.9 Å². The van der Waals surface area contributed by atoms with Crippen LogP contribution in [0.2, 0.25) is 0 Å². The summed E-state index contributed by atoms with van der Waals surface area (Å²) < 4.78 is 16.0. The van der Waals surface area contributed by atoms with E-state index in [1.807, 2.05) is 25.3 Å². The van der Waals surface area contributed by atoms with Gasteiger partial charge in [0.05, 0.1) is 5.69 Å². The van der Waals surface area contributed by atoms with Crippen LogP contribution in [0.1, 0.15) is 29.9 Å². The molecule has 0 saturated carbocycles. The maximum atomic E-state index is 13.9. The van der Waals surface area contributed by atoms with Gasteiger partial charge in [-0.2, -0.15) is 0 Å². The summed E-state index contributed by atoms with van der Waals surface area (Å²) in [6.07, 6.45) is 4.32. The van der Waals surface area contributed by atoms with Gasteiger partial charge in [-0.15, -0.1) is 0 Å². The van der Waals surface area contributed by atoms with Crippen LogP contribution in [0.5, 0.6) is 0 Å². The van der Waals surface area contributed by atoms with E-state index in [0.29, 0.717) is 12.6 Å². The number of hydrogen-bond donors (Lipinski definition) is 0. The molecule has 5 heteroatoms. The zero-order valence-electron chi connectivity index (χ0n) is 14.9. The number of likely N-dealkylation sites (tertiary alicyclic amines) is 1. The molecule has 1 fully saturated rings. The molecule has 1 aromatic carbocycles. The lowest BCUT2D eigenvalue weighted by Gasteiger charge is -2.37. The minimum Gasteiger partial charge on any atom is -0.334 e. The Morgan fingerprint density at radius 1 is 1.33 bits per heavy atom. The summed E-state index contributed by atoms with van der Waals surface area (Å²) in [7, 11) is 4.25. The first-order chi connectivity index (χ1) is 11.5. The number of benzene rings is 1. The van der Waals surface area contributed by atoms with Gasteiger partial charge in [0.2, 0.25) is 0 Å². The summed E-state index contributed by atoms with van der Waals surface area (Å²) >= 11 is 0. The third-order valence-electron chi connectivity index (χ3n) is 5.18. The van der Waals surface area contributed by atoms with Crippen molar-refractivity contribution in [3.8, 4) is 0 Å². The molecular weight excluding hydrogens is 303 g/mol. The predicted octanol–water partition coefficient (Wildman–Crippen LogP) is 2.96. The molecule has 1 aliphatic rings. The number of halogens is 1. The summed E-state index contributed by atoms with van der Waals surface area (Å²) in [6.45, 7) is 5.66. The highest BCUT2D eigenvalue weighted by Gasteiger charge is 2.24. The van der Waals surface area contributed by atoms with Gasteiger partial charge >= 0.3 is 0 Å². The van der Waals surface area contributed by atoms with Gasteiger partial charge in [0.1, 0.15) is 11.6 Å². The van der Waals surface area contributed by atoms with Gasteiger partial charge in [-0.3, -0.25) is 9.80 Å². The molecule has 0 amide bonds. The van der Waals surface area contributed by atoms with Crippen LogP contribution in [0.25, 0.3) is 0 Å². The molecule has 0 unspecified atom stereocenters. The van der Waals surface area contributed by atoms with Crippen molar-refractivity contribution in [2.75, 3.05) is 20.1 Å². The van der Waals surface area contributed by atoms with Gasteiger partial charge in [0, 0.05) is 44.5 Å². The molecule has 3 rings (SSSR count). The molecule has 1 saturated heterocycles. The van der Waals surface area contributed by atoms with Gasteiger partial charge < -0.3 is 4.57 Å². The Morgan fingerprint density at radius 3 is 2.83 bits per heavy atom. The van der Waals surface area contributed by atoms with Gasteiger partial charge in [0.25, 0.3) is 0 Å². The van der Waals surface area contributed by atoms with Crippen LogP contribution in [0.3, 0.4) is 0 Å². The van der Waals surface area contributed by atoms with Crippen LogP contribution < -0.4 is 0 Å². The molecule has 130 valence electrons. The lowest BCUT2D eigenvalue weighted by atomic mass is 10.0. The van der Waals surface area contributed by atoms with E-state index in [9.17, 15) is 4.39 Å². The lowest BCUT2D eigenvalue weighted by Crippen LogP contribution is -2.46. The number of rotatable bonds is 5. The Bertz CT molecular complexity index is 682. The van der Waals surface area contributed by atoms with Gasteiger partial charge in [-0.25, -0.2) is 9.37 Å². The zero-order chi connectivity index (χ0) is 17.1. The smallest absolute Gasteiger partial charge is 0.127 e. The summed E-state index contributed by atoms with van der Waals surface area (Å²) in [5.74, 6) is 0.946. The van der Waals surface area contributed by atoms with E-state index in [-0.39, 0.29) is 5.82 Å². The van der Waals surface area contributed by atoms with Crippen LogP contribution in [0, 0.1) is 12.7 Å². The summed E-state index contributed by atoms with van der Waals surface area (Å²) in [5.41, 5.74) is 2.03. The second-order valence-corrected chi connectivity index (χ2v) is 6.89. The Balaban J connectivity index is 1.60. The normalized spacial score (nSPS) is 19.1. The molecule has 0 aliphatic carbocycles. The lowest BCUT2D eigenvalue weighted by molar-refractivity contribution is 0.105. The Labute approximate surface area is 143 Å². The number of likely N-dealkylation sites (N-methyl/N-ethyl adjacent to an activating group) is 1. The molecule has 2 heterocycles. The fraction of sp³-hybridized carbons (Fsp3) is 0.526. The highest BCUT2D eigenvalue weighted by atomic mass is 19.1. The Morgan fingerprint density at radius 2 is 2.12 bits per heavy atom. The summed E-state index contributed by atoms with van der Waals surface area (Å²) in [6, 6.07) is 7.60. The monoisotopic (exact) mass is 330 g/mol. The third kappa shape index (κ3) is 3.84. The molecule has 0 N–H and O–H groups in total. The van der Waals surface area contributed by atoms with Crippen molar-refractivity contribution in [3.63, 3.8) is 0 Å². The largest absolute Gasteiger partial charge is 0.334 e. The minimum atomic E-state index is -0.0988. The van der Waals surface area contributed by atoms with E-state index in [0.717, 1.165) is 37.4 Å². The standard InChI is InChI=1S/C19H27FN4/c1-15-21-11-18(23(15)3)13-22(2)17-8-6-10-24(14-17)12-16-7-4-5-9-19(16)20/h4-5,7,9,11,17H,6,8,10,12-14H2,1-3H3/t17-/m0/s1. The SMILES string of the molecule is Cc1ncc(CN(C)[C@H]2CCCN(Cc3ccccc3F)C2)n1C. The molecule has 0 radical (unpaired) electrons. The fourth-order valence-electron chi connectivity index (χ4n) is 3.48. The molecule has 1 aromatic heterocycles. The first-order valence-corrected chi connectivity index (χ1v) is 8.68. The van der Waals surface area contributed by atoms with Crippen LogP contribution in [0.4, 0.5) is 4.39 Å². The number of aromatic nitrogens is 2. The van der Waals surface area contributed by atoms with E-state index < -0.39 is 0 Å². The highest BCUT2D eigenvalue weighted by molar-refractivity contribution is 5.17. The molecule has 0 spiro atoms. The molecule has 4 nitrogen and oxygen atoms in total. The fourth-order valence-corrected chi connectivity index (χ4v) is 3.48. The van der Waals surface area contributed by atoms with Crippen molar-refractivity contribution >= 4 is 0 Å². The maximum Gasteiger partial charge on any atom is 0.127 e. The van der Waals surface area contributed by atoms with Crippen LogP contribution >= 0.6 is 0 Å². The van der Waals surface area contributed by atoms with Crippen LogP contribution in [-0.4, -0.2) is 45.5 Å². The predicted molar refractivity (Wildman–Crippen MR) is 94.1 cm³/mol. The highest BCUT2D eigenvalue weighted by Crippen LogP contribution is 2.20. The van der Waals surface area contributed by atoms with Crippen LogP contribution in [0.15, 0.2) is 30.5 Å². The molecule has 1 atom stereocenters. The van der Waals surface area contributed by atoms with Crippen molar-refractivity contribution in [1.82, 2.24) is 19.4 Å². The van der Waals surface area contributed by atoms with Crippen molar-refractivity contribution in [2.24, 2.45) is 7.05 Å². The first-order valence-electron chi connectivity index (χ1n) is 8.68. The first kappa shape index (κ1) is 17.1. The molecule has 1 aliphatic heterocycles. The molecule has 2 aromatic rings. The van der Waals surface area contributed by atoms with Crippen LogP contribution in [-0.2, 0) is 20.1 Å². The number of hydrogen-bond acceptors (Lipinski definition) is 3. The number of nitrogens with zero attached hydrogens (tertiary/aromatic N) is 4. The Hall–Kier alpha value is -1.72. The third-order valence-corrected chi connectivity index (χ3v) is 5.18. The second-order valence-electron chi connectivity index (χ2n) is 6.89. The molecular formula is C19H27FN4. The number of aryl methyl sites for hydroxylation is 1. The number of imidazole rings is 1. The quantitative estimate of drug-likeness (QED) is 0.842. The Kier molecular flexibility index (Phi) is 5.31. The van der Waals surface area contributed by atoms with E-state index in [1.54, 1.807) is 12.1 Å². The number of piperidine rings is 1. The van der Waals surface area contributed by atoms with Gasteiger partial charge in [-0.1, -0.05) is 18.2 Å².